The molecule has 0 aromatic carbocycles. The number of hydrogen-bond donors (Lipinski definition) is 0. The van der Waals surface area contributed by atoms with E-state index in [-0.39, 0.29) is 9.76 Å². The maximum absolute atomic E-state index is 5.22. The van der Waals surface area contributed by atoms with E-state index >= 15 is 0 Å². The van der Waals surface area contributed by atoms with Gasteiger partial charge in [-0.15, -0.1) is 23.2 Å². The highest BCUT2D eigenvalue weighted by molar-refractivity contribution is 6.24. The first-order valence-electron chi connectivity index (χ1n) is 3.53. The Hall–Kier alpha value is 0.757. The molecule has 0 N–H and O–H groups in total. The third-order valence-corrected chi connectivity index (χ3v) is 2.03. The molecule has 0 bridgehead atoms. The lowest BCUT2D eigenvalue weighted by molar-refractivity contribution is 0.364. The van der Waals surface area contributed by atoms with Crippen LogP contribution in [0.1, 0.15) is 13.3 Å². The quantitative estimate of drug-likeness (QED) is 0.501. The number of halogens is 2. The molecule has 1 nitrogen and oxygen atoms in total. The largest absolute Gasteiger partial charge is 0.425 e. The van der Waals surface area contributed by atoms with Gasteiger partial charge in [0.25, 0.3) is 0 Å². The van der Waals surface area contributed by atoms with Crippen molar-refractivity contribution < 1.29 is 4.43 Å². The van der Waals surface area contributed by atoms with E-state index in [1.165, 1.54) is 0 Å². The highest BCUT2D eigenvalue weighted by atomic mass is 35.5. The summed E-state index contributed by atoms with van der Waals surface area (Å²) < 4.78 is 4.97. The minimum Gasteiger partial charge on any atom is -0.425 e. The minimum absolute atomic E-state index is 0.0860. The molecule has 0 saturated carbocycles. The standard InChI is InChI=1S/C3H6Cl2.C3H10OSi/c4-2-1-3-5;1-3-4-5-2/h1-3H2;3,5H2,1-2H3. The Kier molecular flexibility index (Phi) is 21.9. The third kappa shape index (κ3) is 23.3. The molecule has 0 aromatic heterocycles. The van der Waals surface area contributed by atoms with E-state index in [0.717, 1.165) is 13.0 Å². The minimum atomic E-state index is -0.0860. The summed E-state index contributed by atoms with van der Waals surface area (Å²) in [6.07, 6.45) is 0.920. The van der Waals surface area contributed by atoms with Crippen LogP contribution in [0.5, 0.6) is 0 Å². The molecule has 0 saturated heterocycles. The number of hydrogen-bond acceptors (Lipinski definition) is 1. The summed E-state index contributed by atoms with van der Waals surface area (Å²) in [6, 6.07) is 0. The van der Waals surface area contributed by atoms with Crippen LogP contribution < -0.4 is 0 Å². The summed E-state index contributed by atoms with van der Waals surface area (Å²) in [6.45, 7) is 5.06. The first-order valence-corrected chi connectivity index (χ1v) is 6.59. The lowest BCUT2D eigenvalue weighted by Gasteiger charge is -1.86. The molecule has 0 aromatic rings. The van der Waals surface area contributed by atoms with Crippen LogP contribution in [-0.4, -0.2) is 28.1 Å². The van der Waals surface area contributed by atoms with Crippen LogP contribution in [0.3, 0.4) is 0 Å². The van der Waals surface area contributed by atoms with Crippen molar-refractivity contribution in [2.75, 3.05) is 18.4 Å². The summed E-state index contributed by atoms with van der Waals surface area (Å²) >= 11 is 10.4. The maximum Gasteiger partial charge on any atom is 0.158 e. The second kappa shape index (κ2) is 16.4. The monoisotopic (exact) mass is 202 g/mol. The maximum atomic E-state index is 5.22. The normalized spacial score (nSPS) is 9.60. The van der Waals surface area contributed by atoms with E-state index in [4.69, 9.17) is 27.6 Å². The van der Waals surface area contributed by atoms with Crippen LogP contribution >= 0.6 is 23.2 Å². The molecule has 0 aliphatic rings. The van der Waals surface area contributed by atoms with Crippen molar-refractivity contribution in [1.82, 2.24) is 0 Å². The molecule has 0 atom stereocenters. The molecule has 0 unspecified atom stereocenters. The molecule has 0 amide bonds. The van der Waals surface area contributed by atoms with Crippen molar-refractivity contribution in [3.8, 4) is 0 Å². The Morgan fingerprint density at radius 1 is 1.30 bits per heavy atom. The van der Waals surface area contributed by atoms with Gasteiger partial charge in [0.1, 0.15) is 0 Å². The lowest BCUT2D eigenvalue weighted by Crippen LogP contribution is -1.88. The van der Waals surface area contributed by atoms with Gasteiger partial charge in [0.15, 0.2) is 9.76 Å². The predicted octanol–water partition coefficient (Wildman–Crippen LogP) is 2.01. The molecule has 0 spiro atoms. The van der Waals surface area contributed by atoms with Crippen molar-refractivity contribution >= 4 is 33.0 Å². The van der Waals surface area contributed by atoms with Crippen molar-refractivity contribution in [3.63, 3.8) is 0 Å². The third-order valence-electron chi connectivity index (χ3n) is 0.676. The summed E-state index contributed by atoms with van der Waals surface area (Å²) in [5.41, 5.74) is 0. The van der Waals surface area contributed by atoms with E-state index in [1.54, 1.807) is 0 Å². The molecule has 0 radical (unpaired) electrons. The fourth-order valence-electron chi connectivity index (χ4n) is 0.255. The van der Waals surface area contributed by atoms with E-state index in [1.807, 2.05) is 6.92 Å². The van der Waals surface area contributed by atoms with Crippen molar-refractivity contribution in [2.45, 2.75) is 19.9 Å². The zero-order chi connectivity index (χ0) is 8.24. The topological polar surface area (TPSA) is 9.23 Å². The Labute approximate surface area is 76.0 Å². The molecule has 10 heavy (non-hydrogen) atoms. The average molecular weight is 203 g/mol. The smallest absolute Gasteiger partial charge is 0.158 e. The van der Waals surface area contributed by atoms with Crippen LogP contribution in [0.2, 0.25) is 6.55 Å². The van der Waals surface area contributed by atoms with Crippen molar-refractivity contribution in [1.29, 1.82) is 0 Å². The van der Waals surface area contributed by atoms with Crippen molar-refractivity contribution in [3.05, 3.63) is 0 Å². The van der Waals surface area contributed by atoms with Gasteiger partial charge >= 0.3 is 0 Å². The fraction of sp³-hybridized carbons (Fsp3) is 1.00. The molecule has 0 heterocycles. The number of rotatable bonds is 4. The first-order chi connectivity index (χ1) is 4.83. The fourth-order valence-corrected chi connectivity index (χ4v) is 1.07. The molecule has 0 fully saturated rings. The van der Waals surface area contributed by atoms with Gasteiger partial charge in [-0.3, -0.25) is 0 Å². The van der Waals surface area contributed by atoms with Gasteiger partial charge < -0.3 is 4.43 Å². The lowest BCUT2D eigenvalue weighted by atomic mass is 10.6. The molecule has 0 aliphatic heterocycles. The van der Waals surface area contributed by atoms with Gasteiger partial charge in [0.2, 0.25) is 0 Å². The van der Waals surface area contributed by atoms with Crippen LogP contribution in [0.25, 0.3) is 0 Å². The SMILES string of the molecule is CCO[SiH2]C.ClCCCCl. The summed E-state index contributed by atoms with van der Waals surface area (Å²) in [4.78, 5) is 0. The van der Waals surface area contributed by atoms with Crippen LogP contribution in [0.4, 0.5) is 0 Å². The molecule has 4 heteroatoms. The van der Waals surface area contributed by atoms with Crippen LogP contribution in [-0.2, 0) is 4.43 Å². The zero-order valence-corrected chi connectivity index (χ0v) is 9.63. The van der Waals surface area contributed by atoms with E-state index in [0.29, 0.717) is 11.8 Å². The Morgan fingerprint density at radius 2 is 1.80 bits per heavy atom. The van der Waals surface area contributed by atoms with Crippen LogP contribution in [0, 0.1) is 0 Å². The summed E-state index contributed by atoms with van der Waals surface area (Å²) in [7, 11) is -0.0860. The van der Waals surface area contributed by atoms with Crippen molar-refractivity contribution in [2.24, 2.45) is 0 Å². The average Bonchev–Trinajstić information content (AvgIpc) is 1.93. The van der Waals surface area contributed by atoms with Gasteiger partial charge in [-0.2, -0.15) is 0 Å². The summed E-state index contributed by atoms with van der Waals surface area (Å²) in [5.74, 6) is 1.37. The highest BCUT2D eigenvalue weighted by Crippen LogP contribution is 1.84. The summed E-state index contributed by atoms with van der Waals surface area (Å²) in [5, 5.41) is 0. The van der Waals surface area contributed by atoms with Gasteiger partial charge in [-0.1, -0.05) is 6.55 Å². The molecular formula is C6H16Cl2OSi. The van der Waals surface area contributed by atoms with E-state index in [2.05, 4.69) is 6.55 Å². The predicted molar refractivity (Wildman–Crippen MR) is 52.1 cm³/mol. The zero-order valence-electron chi connectivity index (χ0n) is 6.70. The molecule has 0 aliphatic carbocycles. The molecule has 64 valence electrons. The Bertz CT molecular complexity index is 36.7. The molecular weight excluding hydrogens is 187 g/mol. The van der Waals surface area contributed by atoms with Gasteiger partial charge in [0.05, 0.1) is 0 Å². The van der Waals surface area contributed by atoms with Crippen LogP contribution in [0.15, 0.2) is 0 Å². The first kappa shape index (κ1) is 13.4. The van der Waals surface area contributed by atoms with E-state index in [9.17, 15) is 0 Å². The Morgan fingerprint density at radius 3 is 1.80 bits per heavy atom. The van der Waals surface area contributed by atoms with E-state index < -0.39 is 0 Å². The Balaban J connectivity index is 0. The van der Waals surface area contributed by atoms with Gasteiger partial charge in [-0.05, 0) is 13.3 Å². The second-order valence-electron chi connectivity index (χ2n) is 1.51. The number of alkyl halides is 2. The highest BCUT2D eigenvalue weighted by Gasteiger charge is 1.72. The second-order valence-corrected chi connectivity index (χ2v) is 3.25. The molecule has 0 rings (SSSR count). The van der Waals surface area contributed by atoms with Gasteiger partial charge in [-0.25, -0.2) is 0 Å². The van der Waals surface area contributed by atoms with Gasteiger partial charge in [0, 0.05) is 18.4 Å².